The Balaban J connectivity index is 1.37. The molecule has 29 heavy (non-hydrogen) atoms. The van der Waals surface area contributed by atoms with Gasteiger partial charge in [-0.15, -0.1) is 0 Å². The summed E-state index contributed by atoms with van der Waals surface area (Å²) in [6.45, 7) is 2.10. The molecule has 2 aromatic carbocycles. The molecular weight excluding hydrogens is 364 g/mol. The van der Waals surface area contributed by atoms with E-state index in [-0.39, 0.29) is 5.78 Å². The van der Waals surface area contributed by atoms with E-state index >= 15 is 0 Å². The second-order valence-corrected chi connectivity index (χ2v) is 7.21. The fraction of sp³-hybridized carbons (Fsp3) is 0.167. The molecule has 0 amide bonds. The number of allylic oxidation sites excluding steroid dienone is 1. The number of nitrogens with zero attached hydrogens (tertiary/aromatic N) is 2. The van der Waals surface area contributed by atoms with Crippen LogP contribution < -0.4 is 9.47 Å². The maximum Gasteiger partial charge on any atom is 0.231 e. The summed E-state index contributed by atoms with van der Waals surface area (Å²) >= 11 is 0. The van der Waals surface area contributed by atoms with Crippen molar-refractivity contribution in [3.63, 3.8) is 0 Å². The Morgan fingerprint density at radius 1 is 1.07 bits per heavy atom. The number of Topliss-reactive ketones (excluding diaryl/α,β-unsaturated/α-hetero) is 1. The van der Waals surface area contributed by atoms with E-state index in [4.69, 9.17) is 9.47 Å². The minimum atomic E-state index is -0.104. The molecule has 0 radical (unpaired) electrons. The first-order valence-electron chi connectivity index (χ1n) is 9.67. The van der Waals surface area contributed by atoms with Gasteiger partial charge in [-0.25, -0.2) is 0 Å². The number of hydrogen-bond acceptors (Lipinski definition) is 5. The average molecular weight is 384 g/mol. The summed E-state index contributed by atoms with van der Waals surface area (Å²) in [5, 5.41) is 0. The van der Waals surface area contributed by atoms with Crippen LogP contribution in [0.3, 0.4) is 0 Å². The van der Waals surface area contributed by atoms with Crippen LogP contribution in [0.5, 0.6) is 11.5 Å². The number of ketones is 1. The summed E-state index contributed by atoms with van der Waals surface area (Å²) in [7, 11) is 0. The first-order chi connectivity index (χ1) is 14.3. The van der Waals surface area contributed by atoms with Gasteiger partial charge in [0.05, 0.1) is 11.1 Å². The molecule has 0 saturated heterocycles. The first kappa shape index (κ1) is 17.6. The molecule has 2 aliphatic heterocycles. The molecule has 0 N–H and O–H groups in total. The Morgan fingerprint density at radius 2 is 1.97 bits per heavy atom. The third kappa shape index (κ3) is 3.52. The molecule has 0 spiro atoms. The largest absolute Gasteiger partial charge is 0.478 e. The summed E-state index contributed by atoms with van der Waals surface area (Å²) in [5.41, 5.74) is 3.65. The van der Waals surface area contributed by atoms with Crippen LogP contribution >= 0.6 is 0 Å². The van der Waals surface area contributed by atoms with E-state index < -0.39 is 0 Å². The number of carbonyl (C=O) groups excluding carboxylic acids is 1. The maximum absolute atomic E-state index is 12.8. The number of ether oxygens (including phenoxy) is 2. The normalized spacial score (nSPS) is 16.8. The predicted molar refractivity (Wildman–Crippen MR) is 110 cm³/mol. The molecule has 144 valence electrons. The van der Waals surface area contributed by atoms with Crippen molar-refractivity contribution in [1.82, 2.24) is 9.88 Å². The summed E-state index contributed by atoms with van der Waals surface area (Å²) in [4.78, 5) is 19.1. The average Bonchev–Trinajstić information content (AvgIpc) is 3.09. The minimum Gasteiger partial charge on any atom is -0.478 e. The second kappa shape index (κ2) is 7.53. The van der Waals surface area contributed by atoms with Crippen LogP contribution in [0.25, 0.3) is 6.08 Å². The zero-order valence-electron chi connectivity index (χ0n) is 15.9. The Kier molecular flexibility index (Phi) is 4.58. The van der Waals surface area contributed by atoms with Gasteiger partial charge in [0.25, 0.3) is 0 Å². The minimum absolute atomic E-state index is 0.104. The Bertz CT molecular complexity index is 1080. The molecule has 0 aliphatic carbocycles. The molecule has 5 heteroatoms. The zero-order chi connectivity index (χ0) is 19.6. The van der Waals surface area contributed by atoms with Crippen LogP contribution in [-0.4, -0.2) is 28.9 Å². The lowest BCUT2D eigenvalue weighted by Gasteiger charge is -2.29. The van der Waals surface area contributed by atoms with Gasteiger partial charge in [0.15, 0.2) is 5.76 Å². The second-order valence-electron chi connectivity index (χ2n) is 7.21. The van der Waals surface area contributed by atoms with Gasteiger partial charge in [0, 0.05) is 25.5 Å². The van der Waals surface area contributed by atoms with Crippen molar-refractivity contribution in [3.05, 3.63) is 95.0 Å². The number of carbonyl (C=O) groups is 1. The standard InChI is InChI=1S/C24H20N2O3/c27-23-19-8-9-21-20(24(19)29-22(23)13-18-7-4-11-25-14-18)15-26(16-28-21)12-10-17-5-2-1-3-6-17/h1-9,11,13-14H,10,12,15-16H2. The smallest absolute Gasteiger partial charge is 0.231 e. The lowest BCUT2D eigenvalue weighted by atomic mass is 10.0. The third-order valence-corrected chi connectivity index (χ3v) is 5.22. The molecule has 2 aliphatic rings. The molecule has 5 rings (SSSR count). The fourth-order valence-electron chi connectivity index (χ4n) is 3.69. The highest BCUT2D eigenvalue weighted by atomic mass is 16.5. The van der Waals surface area contributed by atoms with Gasteiger partial charge in [-0.3, -0.25) is 14.7 Å². The van der Waals surface area contributed by atoms with Crippen LogP contribution in [0.2, 0.25) is 0 Å². The molecule has 0 fully saturated rings. The predicted octanol–water partition coefficient (Wildman–Crippen LogP) is 4.09. The van der Waals surface area contributed by atoms with Crippen LogP contribution in [0, 0.1) is 0 Å². The first-order valence-corrected chi connectivity index (χ1v) is 9.67. The van der Waals surface area contributed by atoms with Crippen molar-refractivity contribution in [1.29, 1.82) is 0 Å². The van der Waals surface area contributed by atoms with Gasteiger partial charge in [-0.1, -0.05) is 36.4 Å². The quantitative estimate of drug-likeness (QED) is 0.634. The van der Waals surface area contributed by atoms with E-state index in [1.54, 1.807) is 24.5 Å². The van der Waals surface area contributed by atoms with E-state index in [0.29, 0.717) is 30.3 Å². The van der Waals surface area contributed by atoms with Crippen molar-refractivity contribution < 1.29 is 14.3 Å². The van der Waals surface area contributed by atoms with Crippen LogP contribution in [-0.2, 0) is 13.0 Å². The lowest BCUT2D eigenvalue weighted by Crippen LogP contribution is -2.33. The van der Waals surface area contributed by atoms with Crippen molar-refractivity contribution in [3.8, 4) is 11.5 Å². The van der Waals surface area contributed by atoms with Crippen LogP contribution in [0.4, 0.5) is 0 Å². The summed E-state index contributed by atoms with van der Waals surface area (Å²) in [6.07, 6.45) is 6.08. The molecule has 0 bridgehead atoms. The molecule has 3 aromatic rings. The zero-order valence-corrected chi connectivity index (χ0v) is 15.9. The van der Waals surface area contributed by atoms with Gasteiger partial charge in [0.1, 0.15) is 18.2 Å². The highest BCUT2D eigenvalue weighted by Gasteiger charge is 2.33. The Morgan fingerprint density at radius 3 is 2.79 bits per heavy atom. The Labute approximate surface area is 169 Å². The van der Waals surface area contributed by atoms with Gasteiger partial charge >= 0.3 is 0 Å². The molecular formula is C24H20N2O3. The number of fused-ring (bicyclic) bond motifs is 3. The van der Waals surface area contributed by atoms with E-state index in [0.717, 1.165) is 29.8 Å². The summed E-state index contributed by atoms with van der Waals surface area (Å²) in [5.74, 6) is 1.62. The van der Waals surface area contributed by atoms with Gasteiger partial charge in [-0.05, 0) is 41.8 Å². The van der Waals surface area contributed by atoms with Gasteiger partial charge in [0.2, 0.25) is 5.78 Å². The summed E-state index contributed by atoms with van der Waals surface area (Å²) < 4.78 is 12.0. The topological polar surface area (TPSA) is 51.7 Å². The number of hydrogen-bond donors (Lipinski definition) is 0. The van der Waals surface area contributed by atoms with Crippen molar-refractivity contribution in [2.75, 3.05) is 13.3 Å². The molecule has 5 nitrogen and oxygen atoms in total. The van der Waals surface area contributed by atoms with E-state index in [2.05, 4.69) is 34.1 Å². The monoisotopic (exact) mass is 384 g/mol. The van der Waals surface area contributed by atoms with E-state index in [1.807, 2.05) is 24.3 Å². The maximum atomic E-state index is 12.8. The van der Waals surface area contributed by atoms with Gasteiger partial charge < -0.3 is 9.47 Å². The lowest BCUT2D eigenvalue weighted by molar-refractivity contribution is 0.0950. The molecule has 0 atom stereocenters. The molecule has 1 aromatic heterocycles. The number of pyridine rings is 1. The van der Waals surface area contributed by atoms with E-state index in [1.165, 1.54) is 5.56 Å². The van der Waals surface area contributed by atoms with Crippen LogP contribution in [0.15, 0.2) is 72.8 Å². The Hall–Kier alpha value is -3.44. The van der Waals surface area contributed by atoms with E-state index in [9.17, 15) is 4.79 Å². The fourth-order valence-corrected chi connectivity index (χ4v) is 3.69. The molecule has 0 unspecified atom stereocenters. The number of aromatic nitrogens is 1. The van der Waals surface area contributed by atoms with Gasteiger partial charge in [-0.2, -0.15) is 0 Å². The molecule has 0 saturated carbocycles. The van der Waals surface area contributed by atoms with Crippen LogP contribution in [0.1, 0.15) is 27.0 Å². The third-order valence-electron chi connectivity index (χ3n) is 5.22. The summed E-state index contributed by atoms with van der Waals surface area (Å²) in [6, 6.07) is 17.8. The number of rotatable bonds is 4. The van der Waals surface area contributed by atoms with Crippen molar-refractivity contribution in [2.24, 2.45) is 0 Å². The number of benzene rings is 2. The highest BCUT2D eigenvalue weighted by molar-refractivity contribution is 6.15. The van der Waals surface area contributed by atoms with Crippen molar-refractivity contribution in [2.45, 2.75) is 13.0 Å². The van der Waals surface area contributed by atoms with Crippen molar-refractivity contribution >= 4 is 11.9 Å². The SMILES string of the molecule is O=C1C(=Cc2cccnc2)Oc2c1ccc1c2CN(CCc2ccccc2)CO1. The molecule has 3 heterocycles. The highest BCUT2D eigenvalue weighted by Crippen LogP contribution is 2.42.